The standard InChI is InChI=1S/C13H9IN2O/c1-9-6-7-16-13(10(9)8-15)17-12-5-3-2-4-11(12)14/h2-7H,1H3. The lowest BCUT2D eigenvalue weighted by molar-refractivity contribution is 0.457. The van der Waals surface area contributed by atoms with E-state index in [9.17, 15) is 0 Å². The first-order valence-corrected chi connectivity index (χ1v) is 6.08. The molecule has 0 aliphatic heterocycles. The lowest BCUT2D eigenvalue weighted by Crippen LogP contribution is -1.95. The molecule has 0 fully saturated rings. The summed E-state index contributed by atoms with van der Waals surface area (Å²) in [7, 11) is 0. The molecule has 0 amide bonds. The zero-order valence-electron chi connectivity index (χ0n) is 9.14. The second-order valence-electron chi connectivity index (χ2n) is 3.45. The first-order valence-electron chi connectivity index (χ1n) is 5.00. The van der Waals surface area contributed by atoms with Crippen molar-refractivity contribution in [3.05, 3.63) is 51.2 Å². The van der Waals surface area contributed by atoms with Crippen molar-refractivity contribution in [2.45, 2.75) is 6.92 Å². The van der Waals surface area contributed by atoms with E-state index in [2.05, 4.69) is 33.6 Å². The van der Waals surface area contributed by atoms with Crippen LogP contribution >= 0.6 is 22.6 Å². The van der Waals surface area contributed by atoms with E-state index in [1.807, 2.05) is 31.2 Å². The van der Waals surface area contributed by atoms with Gasteiger partial charge in [0.25, 0.3) is 0 Å². The van der Waals surface area contributed by atoms with Crippen LogP contribution in [0.5, 0.6) is 11.6 Å². The van der Waals surface area contributed by atoms with Crippen LogP contribution in [0.1, 0.15) is 11.1 Å². The second-order valence-corrected chi connectivity index (χ2v) is 4.61. The summed E-state index contributed by atoms with van der Waals surface area (Å²) >= 11 is 2.18. The van der Waals surface area contributed by atoms with Gasteiger partial charge in [-0.05, 0) is 53.3 Å². The van der Waals surface area contributed by atoms with Crippen molar-refractivity contribution in [3.63, 3.8) is 0 Å². The minimum Gasteiger partial charge on any atom is -0.437 e. The highest BCUT2D eigenvalue weighted by Gasteiger charge is 2.10. The third kappa shape index (κ3) is 2.56. The number of hydrogen-bond acceptors (Lipinski definition) is 3. The molecule has 0 aliphatic rings. The number of pyridine rings is 1. The fourth-order valence-corrected chi connectivity index (χ4v) is 1.88. The minimum atomic E-state index is 0.358. The second kappa shape index (κ2) is 5.15. The highest BCUT2D eigenvalue weighted by atomic mass is 127. The van der Waals surface area contributed by atoms with Gasteiger partial charge in [-0.15, -0.1) is 0 Å². The van der Waals surface area contributed by atoms with Crippen molar-refractivity contribution >= 4 is 22.6 Å². The molecule has 84 valence electrons. The summed E-state index contributed by atoms with van der Waals surface area (Å²) in [4.78, 5) is 4.10. The number of nitriles is 1. The fraction of sp³-hybridized carbons (Fsp3) is 0.0769. The monoisotopic (exact) mass is 336 g/mol. The van der Waals surface area contributed by atoms with E-state index in [1.165, 1.54) is 0 Å². The predicted octanol–water partition coefficient (Wildman–Crippen LogP) is 3.66. The highest BCUT2D eigenvalue weighted by Crippen LogP contribution is 2.28. The maximum Gasteiger partial charge on any atom is 0.237 e. The molecule has 0 atom stereocenters. The average molecular weight is 336 g/mol. The van der Waals surface area contributed by atoms with Crippen molar-refractivity contribution in [3.8, 4) is 17.7 Å². The van der Waals surface area contributed by atoms with Gasteiger partial charge < -0.3 is 4.74 Å². The first-order chi connectivity index (χ1) is 8.22. The molecule has 1 heterocycles. The molecule has 0 N–H and O–H groups in total. The maximum atomic E-state index is 9.07. The largest absolute Gasteiger partial charge is 0.437 e. The van der Waals surface area contributed by atoms with Crippen molar-refractivity contribution in [1.82, 2.24) is 4.98 Å². The normalized spacial score (nSPS) is 9.71. The molecule has 0 saturated heterocycles. The van der Waals surface area contributed by atoms with Gasteiger partial charge in [0.2, 0.25) is 5.88 Å². The van der Waals surface area contributed by atoms with Crippen molar-refractivity contribution in [1.29, 1.82) is 5.26 Å². The molecule has 2 rings (SSSR count). The summed E-state index contributed by atoms with van der Waals surface area (Å²) in [5.74, 6) is 1.07. The summed E-state index contributed by atoms with van der Waals surface area (Å²) in [5, 5.41) is 9.07. The third-order valence-electron chi connectivity index (χ3n) is 2.28. The summed E-state index contributed by atoms with van der Waals surface area (Å²) in [6.07, 6.45) is 1.64. The van der Waals surface area contributed by atoms with Gasteiger partial charge in [0.15, 0.2) is 0 Å². The van der Waals surface area contributed by atoms with Gasteiger partial charge in [0.1, 0.15) is 17.4 Å². The van der Waals surface area contributed by atoms with Crippen LogP contribution in [0.15, 0.2) is 36.5 Å². The Morgan fingerprint density at radius 2 is 2.06 bits per heavy atom. The summed E-state index contributed by atoms with van der Waals surface area (Å²) in [6, 6.07) is 11.5. The van der Waals surface area contributed by atoms with E-state index in [0.717, 1.165) is 9.13 Å². The molecule has 0 bridgehead atoms. The van der Waals surface area contributed by atoms with Gasteiger partial charge in [-0.2, -0.15) is 5.26 Å². The first kappa shape index (κ1) is 11.9. The van der Waals surface area contributed by atoms with Gasteiger partial charge in [-0.25, -0.2) is 4.98 Å². The highest BCUT2D eigenvalue weighted by molar-refractivity contribution is 14.1. The molecule has 1 aromatic carbocycles. The van der Waals surface area contributed by atoms with Gasteiger partial charge >= 0.3 is 0 Å². The van der Waals surface area contributed by atoms with Crippen LogP contribution in [0.3, 0.4) is 0 Å². The SMILES string of the molecule is Cc1ccnc(Oc2ccccc2I)c1C#N. The quantitative estimate of drug-likeness (QED) is 0.787. The third-order valence-corrected chi connectivity index (χ3v) is 3.17. The zero-order valence-corrected chi connectivity index (χ0v) is 11.3. The molecule has 4 heteroatoms. The number of aryl methyl sites for hydroxylation is 1. The number of benzene rings is 1. The van der Waals surface area contributed by atoms with Crippen LogP contribution in [0.4, 0.5) is 0 Å². The molecule has 0 aliphatic carbocycles. The van der Waals surface area contributed by atoms with E-state index in [-0.39, 0.29) is 0 Å². The lowest BCUT2D eigenvalue weighted by atomic mass is 10.2. The number of ether oxygens (including phenoxy) is 1. The predicted molar refractivity (Wildman–Crippen MR) is 72.9 cm³/mol. The van der Waals surface area contributed by atoms with Gasteiger partial charge in [-0.1, -0.05) is 12.1 Å². The van der Waals surface area contributed by atoms with Crippen LogP contribution in [-0.2, 0) is 0 Å². The average Bonchev–Trinajstić information content (AvgIpc) is 2.32. The Labute approximate surface area is 113 Å². The Bertz CT molecular complexity index is 590. The molecule has 2 aromatic rings. The molecule has 1 aromatic heterocycles. The van der Waals surface area contributed by atoms with Crippen LogP contribution in [-0.4, -0.2) is 4.98 Å². The number of halogens is 1. The Morgan fingerprint density at radius 1 is 1.29 bits per heavy atom. The van der Waals surface area contributed by atoms with Crippen molar-refractivity contribution in [2.75, 3.05) is 0 Å². The number of aromatic nitrogens is 1. The van der Waals surface area contributed by atoms with Crippen LogP contribution in [0, 0.1) is 21.8 Å². The molecule has 0 spiro atoms. The molecule has 0 unspecified atom stereocenters. The lowest BCUT2D eigenvalue weighted by Gasteiger charge is -2.08. The fourth-order valence-electron chi connectivity index (χ4n) is 1.38. The number of nitrogens with zero attached hydrogens (tertiary/aromatic N) is 2. The van der Waals surface area contributed by atoms with E-state index in [4.69, 9.17) is 10.00 Å². The van der Waals surface area contributed by atoms with Crippen LogP contribution < -0.4 is 4.74 Å². The van der Waals surface area contributed by atoms with Gasteiger partial charge in [0, 0.05) is 6.20 Å². The Morgan fingerprint density at radius 3 is 2.76 bits per heavy atom. The van der Waals surface area contributed by atoms with E-state index < -0.39 is 0 Å². The Hall–Kier alpha value is -1.61. The molecule has 17 heavy (non-hydrogen) atoms. The summed E-state index contributed by atoms with van der Waals surface area (Å²) in [6.45, 7) is 1.86. The summed E-state index contributed by atoms with van der Waals surface area (Å²) in [5.41, 5.74) is 1.34. The van der Waals surface area contributed by atoms with Crippen LogP contribution in [0.25, 0.3) is 0 Å². The summed E-state index contributed by atoms with van der Waals surface area (Å²) < 4.78 is 6.65. The molecular weight excluding hydrogens is 327 g/mol. The van der Waals surface area contributed by atoms with E-state index in [0.29, 0.717) is 17.2 Å². The van der Waals surface area contributed by atoms with Crippen LogP contribution in [0.2, 0.25) is 0 Å². The molecular formula is C13H9IN2O. The topological polar surface area (TPSA) is 45.9 Å². The number of rotatable bonds is 2. The Kier molecular flexibility index (Phi) is 3.59. The number of hydrogen-bond donors (Lipinski definition) is 0. The number of para-hydroxylation sites is 1. The van der Waals surface area contributed by atoms with Gasteiger partial charge in [-0.3, -0.25) is 0 Å². The molecule has 0 saturated carbocycles. The van der Waals surface area contributed by atoms with E-state index in [1.54, 1.807) is 12.3 Å². The maximum absolute atomic E-state index is 9.07. The van der Waals surface area contributed by atoms with Gasteiger partial charge in [0.05, 0.1) is 3.57 Å². The molecule has 0 radical (unpaired) electrons. The van der Waals surface area contributed by atoms with Crippen molar-refractivity contribution in [2.24, 2.45) is 0 Å². The zero-order chi connectivity index (χ0) is 12.3. The molecule has 3 nitrogen and oxygen atoms in total. The van der Waals surface area contributed by atoms with E-state index >= 15 is 0 Å². The minimum absolute atomic E-state index is 0.358. The smallest absolute Gasteiger partial charge is 0.237 e. The Balaban J connectivity index is 2.41. The van der Waals surface area contributed by atoms with Crippen molar-refractivity contribution < 1.29 is 4.74 Å².